The molecule has 0 aliphatic carbocycles. The van der Waals surface area contributed by atoms with Crippen molar-refractivity contribution in [3.8, 4) is 0 Å². The quantitative estimate of drug-likeness (QED) is 0.787. The normalized spacial score (nSPS) is 17.4. The van der Waals surface area contributed by atoms with Gasteiger partial charge in [-0.2, -0.15) is 0 Å². The number of hydrogen-bond donors (Lipinski definition) is 2. The molecule has 4 amide bonds. The van der Waals surface area contributed by atoms with Crippen LogP contribution >= 0.6 is 0 Å². The predicted molar refractivity (Wildman–Crippen MR) is 92.8 cm³/mol. The molecule has 2 N–H and O–H groups in total. The van der Waals surface area contributed by atoms with E-state index >= 15 is 0 Å². The summed E-state index contributed by atoms with van der Waals surface area (Å²) in [6, 6.07) is 4.83. The molecule has 1 aromatic rings. The van der Waals surface area contributed by atoms with E-state index in [4.69, 9.17) is 0 Å². The number of hydrogen-bond acceptors (Lipinski definition) is 3. The third-order valence-corrected chi connectivity index (χ3v) is 4.18. The van der Waals surface area contributed by atoms with Gasteiger partial charge in [-0.15, -0.1) is 0 Å². The Morgan fingerprint density at radius 1 is 1.33 bits per heavy atom. The number of urea groups is 1. The molecule has 0 spiro atoms. The molecule has 1 aromatic carbocycles. The van der Waals surface area contributed by atoms with Crippen molar-refractivity contribution in [2.24, 2.45) is 0 Å². The largest absolute Gasteiger partial charge is 0.326 e. The number of para-hydroxylation sites is 1. The lowest BCUT2D eigenvalue weighted by molar-refractivity contribution is -0.130. The van der Waals surface area contributed by atoms with Crippen LogP contribution in [0.1, 0.15) is 50.7 Å². The lowest BCUT2D eigenvalue weighted by Crippen LogP contribution is -2.38. The molecule has 0 radical (unpaired) electrons. The summed E-state index contributed by atoms with van der Waals surface area (Å²) < 4.78 is 0. The second-order valence-corrected chi connectivity index (χ2v) is 6.46. The first-order valence-corrected chi connectivity index (χ1v) is 8.36. The Balaban J connectivity index is 2.10. The Kier molecular flexibility index (Phi) is 5.59. The number of anilines is 1. The number of carbonyl (C=O) groups is 3. The fraction of sp³-hybridized carbons (Fsp3) is 0.500. The average Bonchev–Trinajstić information content (AvgIpc) is 2.77. The van der Waals surface area contributed by atoms with E-state index in [0.717, 1.165) is 28.1 Å². The molecule has 1 aliphatic heterocycles. The van der Waals surface area contributed by atoms with E-state index in [1.54, 1.807) is 0 Å². The molecule has 1 heterocycles. The van der Waals surface area contributed by atoms with Gasteiger partial charge in [0.2, 0.25) is 5.91 Å². The predicted octanol–water partition coefficient (Wildman–Crippen LogP) is 2.78. The van der Waals surface area contributed by atoms with Gasteiger partial charge in [-0.25, -0.2) is 4.79 Å². The number of carbonyl (C=O) groups excluding carboxylic acids is 3. The molecule has 1 unspecified atom stereocenters. The van der Waals surface area contributed by atoms with Gasteiger partial charge in [0.1, 0.15) is 12.6 Å². The topological polar surface area (TPSA) is 78.5 Å². The number of rotatable bonds is 6. The number of imide groups is 1. The number of aryl methyl sites for hydroxylation is 1. The fourth-order valence-corrected chi connectivity index (χ4v) is 2.88. The smallest absolute Gasteiger partial charge is 0.325 e. The monoisotopic (exact) mass is 331 g/mol. The van der Waals surface area contributed by atoms with Crippen LogP contribution in [0.4, 0.5) is 10.5 Å². The Morgan fingerprint density at radius 3 is 2.67 bits per heavy atom. The molecular weight excluding hydrogens is 306 g/mol. The van der Waals surface area contributed by atoms with Crippen molar-refractivity contribution >= 4 is 23.5 Å². The highest BCUT2D eigenvalue weighted by atomic mass is 16.2. The number of benzene rings is 1. The van der Waals surface area contributed by atoms with E-state index in [9.17, 15) is 14.4 Å². The summed E-state index contributed by atoms with van der Waals surface area (Å²) >= 11 is 0. The second-order valence-electron chi connectivity index (χ2n) is 6.46. The minimum atomic E-state index is -0.514. The first-order chi connectivity index (χ1) is 11.3. The van der Waals surface area contributed by atoms with Crippen LogP contribution in [0.5, 0.6) is 0 Å². The van der Waals surface area contributed by atoms with Crippen molar-refractivity contribution in [1.82, 2.24) is 10.2 Å². The van der Waals surface area contributed by atoms with Crippen LogP contribution in [0.3, 0.4) is 0 Å². The van der Waals surface area contributed by atoms with E-state index in [2.05, 4.69) is 24.5 Å². The lowest BCUT2D eigenvalue weighted by Gasteiger charge is -2.18. The number of amides is 4. The molecule has 1 atom stereocenters. The summed E-state index contributed by atoms with van der Waals surface area (Å²) in [5, 5.41) is 5.48. The van der Waals surface area contributed by atoms with E-state index < -0.39 is 12.1 Å². The van der Waals surface area contributed by atoms with Gasteiger partial charge < -0.3 is 10.6 Å². The zero-order valence-electron chi connectivity index (χ0n) is 14.7. The Bertz CT molecular complexity index is 655. The van der Waals surface area contributed by atoms with Gasteiger partial charge in [-0.3, -0.25) is 14.5 Å². The third kappa shape index (κ3) is 3.75. The summed E-state index contributed by atoms with van der Waals surface area (Å²) in [6.07, 6.45) is 1.37. The van der Waals surface area contributed by atoms with Gasteiger partial charge in [0.05, 0.1) is 0 Å². The summed E-state index contributed by atoms with van der Waals surface area (Å²) in [4.78, 5) is 37.5. The lowest BCUT2D eigenvalue weighted by atomic mass is 9.98. The molecule has 0 saturated carbocycles. The summed E-state index contributed by atoms with van der Waals surface area (Å²) in [6.45, 7) is 7.71. The zero-order valence-corrected chi connectivity index (χ0v) is 14.7. The molecule has 1 aliphatic rings. The van der Waals surface area contributed by atoms with Crippen molar-refractivity contribution in [3.05, 3.63) is 29.3 Å². The van der Waals surface area contributed by atoms with Crippen LogP contribution in [0.25, 0.3) is 0 Å². The van der Waals surface area contributed by atoms with Crippen molar-refractivity contribution in [3.63, 3.8) is 0 Å². The Labute approximate surface area is 142 Å². The molecule has 1 fully saturated rings. The molecule has 6 heteroatoms. The van der Waals surface area contributed by atoms with Crippen molar-refractivity contribution in [2.45, 2.75) is 52.5 Å². The number of nitrogens with one attached hydrogen (secondary N) is 2. The maximum Gasteiger partial charge on any atom is 0.325 e. The molecule has 130 valence electrons. The standard InChI is InChI=1S/C18H25N3O3/c1-5-7-14-17(23)21(18(24)19-14)10-15(22)20-16-12(4)8-6-9-13(16)11(2)3/h6,8-9,11,14H,5,7,10H2,1-4H3,(H,19,24)(H,20,22). The summed E-state index contributed by atoms with van der Waals surface area (Å²) in [5.74, 6) is -0.441. The van der Waals surface area contributed by atoms with Gasteiger partial charge in [0.25, 0.3) is 5.91 Å². The highest BCUT2D eigenvalue weighted by Gasteiger charge is 2.38. The first-order valence-electron chi connectivity index (χ1n) is 8.36. The molecule has 2 rings (SSSR count). The van der Waals surface area contributed by atoms with Crippen molar-refractivity contribution < 1.29 is 14.4 Å². The highest BCUT2D eigenvalue weighted by molar-refractivity contribution is 6.08. The van der Waals surface area contributed by atoms with E-state index in [1.807, 2.05) is 32.0 Å². The number of nitrogens with zero attached hydrogens (tertiary/aromatic N) is 1. The van der Waals surface area contributed by atoms with Crippen LogP contribution in [0.15, 0.2) is 18.2 Å². The Hall–Kier alpha value is -2.37. The van der Waals surface area contributed by atoms with Crippen LogP contribution in [0, 0.1) is 6.92 Å². The summed E-state index contributed by atoms with van der Waals surface area (Å²) in [5.41, 5.74) is 2.75. The van der Waals surface area contributed by atoms with E-state index in [0.29, 0.717) is 6.42 Å². The van der Waals surface area contributed by atoms with Gasteiger partial charge >= 0.3 is 6.03 Å². The minimum absolute atomic E-state index is 0.255. The van der Waals surface area contributed by atoms with E-state index in [1.165, 1.54) is 0 Å². The SMILES string of the molecule is CCCC1NC(=O)N(CC(=O)Nc2c(C)cccc2C(C)C)C1=O. The molecule has 1 saturated heterocycles. The van der Waals surface area contributed by atoms with Crippen molar-refractivity contribution in [1.29, 1.82) is 0 Å². The van der Waals surface area contributed by atoms with Crippen LogP contribution in [-0.4, -0.2) is 35.3 Å². The molecule has 0 bridgehead atoms. The average molecular weight is 331 g/mol. The van der Waals surface area contributed by atoms with Crippen LogP contribution in [-0.2, 0) is 9.59 Å². The molecule has 6 nitrogen and oxygen atoms in total. The fourth-order valence-electron chi connectivity index (χ4n) is 2.88. The van der Waals surface area contributed by atoms with Gasteiger partial charge in [0, 0.05) is 5.69 Å². The Morgan fingerprint density at radius 2 is 2.04 bits per heavy atom. The zero-order chi connectivity index (χ0) is 17.9. The van der Waals surface area contributed by atoms with Crippen LogP contribution in [0.2, 0.25) is 0 Å². The first kappa shape index (κ1) is 18.0. The van der Waals surface area contributed by atoms with Gasteiger partial charge in [0.15, 0.2) is 0 Å². The maximum absolute atomic E-state index is 12.4. The maximum atomic E-state index is 12.4. The highest BCUT2D eigenvalue weighted by Crippen LogP contribution is 2.27. The minimum Gasteiger partial charge on any atom is -0.326 e. The van der Waals surface area contributed by atoms with E-state index in [-0.39, 0.29) is 24.3 Å². The van der Waals surface area contributed by atoms with Gasteiger partial charge in [-0.05, 0) is 30.4 Å². The molecule has 0 aromatic heterocycles. The van der Waals surface area contributed by atoms with Crippen LogP contribution < -0.4 is 10.6 Å². The second kappa shape index (κ2) is 7.47. The van der Waals surface area contributed by atoms with Crippen molar-refractivity contribution in [2.75, 3.05) is 11.9 Å². The summed E-state index contributed by atoms with van der Waals surface area (Å²) in [7, 11) is 0. The van der Waals surface area contributed by atoms with Gasteiger partial charge in [-0.1, -0.05) is 45.4 Å². The molecular formula is C18H25N3O3. The third-order valence-electron chi connectivity index (χ3n) is 4.18. The molecule has 24 heavy (non-hydrogen) atoms.